The summed E-state index contributed by atoms with van der Waals surface area (Å²) in [7, 11) is 1.76. The van der Waals surface area contributed by atoms with Gasteiger partial charge in [0.15, 0.2) is 0 Å². The summed E-state index contributed by atoms with van der Waals surface area (Å²) < 4.78 is 7.82. The number of aromatic amines is 1. The molecule has 3 aliphatic rings. The van der Waals surface area contributed by atoms with Gasteiger partial charge in [-0.25, -0.2) is 0 Å². The molecule has 0 amide bonds. The average molecular weight is 481 g/mol. The van der Waals surface area contributed by atoms with Crippen LogP contribution in [0.15, 0.2) is 65.5 Å². The molecule has 5 heterocycles. The first-order valence-electron chi connectivity index (χ1n) is 13.1. The fourth-order valence-electron chi connectivity index (χ4n) is 6.93. The topological polar surface area (TPSA) is 62.3 Å². The average Bonchev–Trinajstić information content (AvgIpc) is 3.28. The zero-order valence-electron chi connectivity index (χ0n) is 20.7. The van der Waals surface area contributed by atoms with Gasteiger partial charge in [-0.1, -0.05) is 30.3 Å². The van der Waals surface area contributed by atoms with E-state index in [1.807, 2.05) is 10.6 Å². The minimum absolute atomic E-state index is 0.140. The Hall–Kier alpha value is -3.35. The number of nitrogens with one attached hydrogen (secondary N) is 2. The number of para-hydroxylation sites is 1. The first-order valence-corrected chi connectivity index (χ1v) is 13.1. The molecule has 3 atom stereocenters. The van der Waals surface area contributed by atoms with Gasteiger partial charge in [0.05, 0.1) is 13.2 Å². The van der Waals surface area contributed by atoms with Gasteiger partial charge in [-0.15, -0.1) is 0 Å². The van der Waals surface area contributed by atoms with Gasteiger partial charge in [0.25, 0.3) is 5.56 Å². The SMILES string of the molecule is COc1ccc(C2NCCc3c2[nH]c2ccccc32)cc1CN1CC2CC(C1)c1cccc(=O)n1C2. The normalized spacial score (nSPS) is 23.3. The fraction of sp³-hybridized carbons (Fsp3) is 0.367. The molecule has 7 rings (SSSR count). The maximum Gasteiger partial charge on any atom is 0.250 e. The van der Waals surface area contributed by atoms with Crippen LogP contribution in [0.4, 0.5) is 0 Å². The molecule has 2 aromatic carbocycles. The maximum absolute atomic E-state index is 12.4. The first-order chi connectivity index (χ1) is 17.7. The summed E-state index contributed by atoms with van der Waals surface area (Å²) in [6, 6.07) is 21.2. The number of hydrogen-bond donors (Lipinski definition) is 2. The first kappa shape index (κ1) is 21.9. The van der Waals surface area contributed by atoms with Crippen LogP contribution in [0.2, 0.25) is 0 Å². The van der Waals surface area contributed by atoms with Crippen LogP contribution in [0.5, 0.6) is 5.75 Å². The minimum Gasteiger partial charge on any atom is -0.496 e. The van der Waals surface area contributed by atoms with Crippen molar-refractivity contribution in [3.8, 4) is 5.75 Å². The lowest BCUT2D eigenvalue weighted by atomic mass is 9.83. The molecule has 6 heteroatoms. The predicted molar refractivity (Wildman–Crippen MR) is 142 cm³/mol. The van der Waals surface area contributed by atoms with E-state index in [-0.39, 0.29) is 11.6 Å². The lowest BCUT2D eigenvalue weighted by Crippen LogP contribution is -2.46. The summed E-state index contributed by atoms with van der Waals surface area (Å²) in [4.78, 5) is 18.7. The van der Waals surface area contributed by atoms with E-state index >= 15 is 0 Å². The third-order valence-corrected chi connectivity index (χ3v) is 8.45. The van der Waals surface area contributed by atoms with Gasteiger partial charge < -0.3 is 19.6 Å². The van der Waals surface area contributed by atoms with Crippen molar-refractivity contribution in [3.05, 3.63) is 99.1 Å². The highest BCUT2D eigenvalue weighted by Gasteiger charge is 2.35. The molecule has 2 N–H and O–H groups in total. The summed E-state index contributed by atoms with van der Waals surface area (Å²) in [6.07, 6.45) is 2.21. The van der Waals surface area contributed by atoms with Crippen molar-refractivity contribution in [1.29, 1.82) is 0 Å². The van der Waals surface area contributed by atoms with E-state index in [1.54, 1.807) is 13.2 Å². The van der Waals surface area contributed by atoms with Gasteiger partial charge in [-0.05, 0) is 54.2 Å². The van der Waals surface area contributed by atoms with E-state index in [2.05, 4.69) is 63.7 Å². The summed E-state index contributed by atoms with van der Waals surface area (Å²) in [5.41, 5.74) is 7.77. The largest absolute Gasteiger partial charge is 0.496 e. The van der Waals surface area contributed by atoms with Gasteiger partial charge in [0.2, 0.25) is 0 Å². The lowest BCUT2D eigenvalue weighted by Gasteiger charge is -2.43. The second kappa shape index (κ2) is 8.64. The molecule has 3 aliphatic heterocycles. The predicted octanol–water partition coefficient (Wildman–Crippen LogP) is 4.19. The molecular weight excluding hydrogens is 448 g/mol. The van der Waals surface area contributed by atoms with Crippen LogP contribution in [0.25, 0.3) is 10.9 Å². The Morgan fingerprint density at radius 2 is 1.94 bits per heavy atom. The van der Waals surface area contributed by atoms with Crippen molar-refractivity contribution >= 4 is 10.9 Å². The van der Waals surface area contributed by atoms with E-state index < -0.39 is 0 Å². The van der Waals surface area contributed by atoms with Gasteiger partial charge in [-0.2, -0.15) is 0 Å². The van der Waals surface area contributed by atoms with Crippen LogP contribution >= 0.6 is 0 Å². The molecule has 0 aliphatic carbocycles. The Morgan fingerprint density at radius 3 is 2.86 bits per heavy atom. The van der Waals surface area contributed by atoms with E-state index in [0.29, 0.717) is 11.8 Å². The second-order valence-electron chi connectivity index (χ2n) is 10.7. The maximum atomic E-state index is 12.4. The molecule has 1 saturated heterocycles. The quantitative estimate of drug-likeness (QED) is 0.460. The second-order valence-corrected chi connectivity index (χ2v) is 10.7. The number of likely N-dealkylation sites (tertiary alicyclic amines) is 1. The molecule has 3 unspecified atom stereocenters. The standard InChI is InChI=1S/C30H32N4O2/c1-36-27-10-9-20(29-30-24(11-12-31-29)23-5-2-3-6-25(23)32-30)14-22(27)18-33-15-19-13-21(17-33)26-7-4-8-28(35)34(26)16-19/h2-10,14,19,21,29,31-32H,11-13,15-18H2,1H3. The Bertz CT molecular complexity index is 1500. The van der Waals surface area contributed by atoms with E-state index in [9.17, 15) is 4.79 Å². The smallest absolute Gasteiger partial charge is 0.250 e. The molecule has 6 nitrogen and oxygen atoms in total. The molecule has 0 spiro atoms. The number of piperidine rings is 1. The van der Waals surface area contributed by atoms with Gasteiger partial charge in [0, 0.05) is 72.6 Å². The third kappa shape index (κ3) is 3.59. The van der Waals surface area contributed by atoms with Gasteiger partial charge in [0.1, 0.15) is 5.75 Å². The van der Waals surface area contributed by atoms with Crippen LogP contribution in [0.3, 0.4) is 0 Å². The Kier molecular flexibility index (Phi) is 5.26. The number of nitrogens with zero attached hydrogens (tertiary/aromatic N) is 2. The highest BCUT2D eigenvalue weighted by atomic mass is 16.5. The van der Waals surface area contributed by atoms with Crippen LogP contribution in [0, 0.1) is 5.92 Å². The van der Waals surface area contributed by atoms with Crippen LogP contribution in [-0.4, -0.2) is 41.2 Å². The summed E-state index contributed by atoms with van der Waals surface area (Å²) in [5, 5.41) is 5.09. The molecule has 0 radical (unpaired) electrons. The van der Waals surface area contributed by atoms with Crippen molar-refractivity contribution in [2.45, 2.75) is 37.9 Å². The van der Waals surface area contributed by atoms with Crippen molar-refractivity contribution in [3.63, 3.8) is 0 Å². The molecule has 1 fully saturated rings. The third-order valence-electron chi connectivity index (χ3n) is 8.45. The van der Waals surface area contributed by atoms with Crippen molar-refractivity contribution in [1.82, 2.24) is 19.8 Å². The number of benzene rings is 2. The molecule has 4 aromatic rings. The molecular formula is C30H32N4O2. The molecule has 36 heavy (non-hydrogen) atoms. The number of methoxy groups -OCH3 is 1. The highest BCUT2D eigenvalue weighted by molar-refractivity contribution is 5.85. The van der Waals surface area contributed by atoms with Crippen molar-refractivity contribution in [2.75, 3.05) is 26.7 Å². The lowest BCUT2D eigenvalue weighted by molar-refractivity contribution is 0.113. The minimum atomic E-state index is 0.140. The van der Waals surface area contributed by atoms with Crippen molar-refractivity contribution < 1.29 is 4.74 Å². The Balaban J connectivity index is 1.19. The van der Waals surface area contributed by atoms with Crippen molar-refractivity contribution in [2.24, 2.45) is 5.92 Å². The number of fused-ring (bicyclic) bond motifs is 7. The van der Waals surface area contributed by atoms with Crippen LogP contribution < -0.4 is 15.6 Å². The summed E-state index contributed by atoms with van der Waals surface area (Å²) >= 11 is 0. The number of aromatic nitrogens is 2. The Labute approximate surface area is 210 Å². The van der Waals surface area contributed by atoms with Gasteiger partial charge >= 0.3 is 0 Å². The van der Waals surface area contributed by atoms with Crippen LogP contribution in [0.1, 0.15) is 46.5 Å². The van der Waals surface area contributed by atoms with Crippen LogP contribution in [-0.2, 0) is 19.5 Å². The fourth-order valence-corrected chi connectivity index (χ4v) is 6.93. The number of hydrogen-bond acceptors (Lipinski definition) is 4. The molecule has 2 bridgehead atoms. The molecule has 2 aromatic heterocycles. The monoisotopic (exact) mass is 480 g/mol. The van der Waals surface area contributed by atoms with E-state index in [1.165, 1.54) is 45.4 Å². The Morgan fingerprint density at radius 1 is 1.03 bits per heavy atom. The molecule has 0 saturated carbocycles. The summed E-state index contributed by atoms with van der Waals surface area (Å²) in [6.45, 7) is 4.64. The summed E-state index contributed by atoms with van der Waals surface area (Å²) in [5.74, 6) is 1.87. The zero-order chi connectivity index (χ0) is 24.2. The van der Waals surface area contributed by atoms with E-state index in [4.69, 9.17) is 4.74 Å². The number of ether oxygens (including phenoxy) is 1. The number of pyridine rings is 1. The zero-order valence-corrected chi connectivity index (χ0v) is 20.7. The van der Waals surface area contributed by atoms with Gasteiger partial charge in [-0.3, -0.25) is 9.69 Å². The molecule has 184 valence electrons. The van der Waals surface area contributed by atoms with E-state index in [0.717, 1.165) is 44.9 Å². The highest BCUT2D eigenvalue weighted by Crippen LogP contribution is 2.38. The number of H-pyrrole nitrogens is 1. The number of rotatable bonds is 4.